The van der Waals surface area contributed by atoms with E-state index in [9.17, 15) is 4.79 Å². The first-order chi connectivity index (χ1) is 12.3. The van der Waals surface area contributed by atoms with Crippen LogP contribution in [-0.4, -0.2) is 70.9 Å². The molecular formula is C19H26N4O2. The maximum atomic E-state index is 12.9. The molecule has 2 aliphatic rings. The molecule has 0 saturated carbocycles. The fourth-order valence-electron chi connectivity index (χ4n) is 4.16. The third-order valence-corrected chi connectivity index (χ3v) is 5.63. The predicted octanol–water partition coefficient (Wildman–Crippen LogP) is 1.61. The number of likely N-dealkylation sites (tertiary alicyclic amines) is 1. The Kier molecular flexibility index (Phi) is 4.72. The van der Waals surface area contributed by atoms with E-state index in [2.05, 4.69) is 16.9 Å². The van der Waals surface area contributed by atoms with E-state index in [1.807, 2.05) is 40.0 Å². The van der Waals surface area contributed by atoms with Crippen molar-refractivity contribution in [2.24, 2.45) is 5.92 Å². The van der Waals surface area contributed by atoms with Crippen LogP contribution in [-0.2, 0) is 16.1 Å². The fraction of sp³-hybridized carbons (Fsp3) is 0.579. The zero-order valence-electron chi connectivity index (χ0n) is 14.8. The number of rotatable bonds is 4. The number of ether oxygens (including phenoxy) is 1. The minimum atomic E-state index is 0.170. The largest absolute Gasteiger partial charge is 0.379 e. The van der Waals surface area contributed by atoms with Gasteiger partial charge in [0.25, 0.3) is 0 Å². The summed E-state index contributed by atoms with van der Waals surface area (Å²) in [5.41, 5.74) is 1.02. The summed E-state index contributed by atoms with van der Waals surface area (Å²) in [5.74, 6) is 0.722. The van der Waals surface area contributed by atoms with Crippen molar-refractivity contribution in [3.8, 4) is 0 Å². The molecule has 25 heavy (non-hydrogen) atoms. The fourth-order valence-corrected chi connectivity index (χ4v) is 4.16. The van der Waals surface area contributed by atoms with E-state index in [4.69, 9.17) is 4.74 Å². The normalized spacial score (nSPS) is 24.9. The highest BCUT2D eigenvalue weighted by Crippen LogP contribution is 2.26. The van der Waals surface area contributed by atoms with Crippen LogP contribution in [0.25, 0.3) is 10.9 Å². The Bertz CT molecular complexity index is 738. The van der Waals surface area contributed by atoms with Gasteiger partial charge in [-0.1, -0.05) is 31.5 Å². The first-order valence-electron chi connectivity index (χ1n) is 9.26. The number of nitrogens with zero attached hydrogens (tertiary/aromatic N) is 4. The van der Waals surface area contributed by atoms with E-state index in [1.54, 1.807) is 0 Å². The maximum Gasteiger partial charge on any atom is 0.244 e. The molecule has 6 nitrogen and oxygen atoms in total. The molecule has 4 rings (SSSR count). The van der Waals surface area contributed by atoms with E-state index >= 15 is 0 Å². The van der Waals surface area contributed by atoms with Crippen molar-refractivity contribution in [3.05, 3.63) is 30.5 Å². The third kappa shape index (κ3) is 3.28. The molecule has 1 aromatic heterocycles. The van der Waals surface area contributed by atoms with Crippen molar-refractivity contribution in [1.82, 2.24) is 19.6 Å². The van der Waals surface area contributed by atoms with Gasteiger partial charge in [0, 0.05) is 37.6 Å². The first kappa shape index (κ1) is 16.5. The number of morpholine rings is 1. The van der Waals surface area contributed by atoms with Crippen LogP contribution >= 0.6 is 0 Å². The summed E-state index contributed by atoms with van der Waals surface area (Å²) in [6.07, 6.45) is 2.94. The summed E-state index contributed by atoms with van der Waals surface area (Å²) in [7, 11) is 0. The number of fused-ring (bicyclic) bond motifs is 1. The number of amides is 1. The van der Waals surface area contributed by atoms with Crippen molar-refractivity contribution < 1.29 is 9.53 Å². The second kappa shape index (κ2) is 7.14. The molecule has 0 unspecified atom stereocenters. The van der Waals surface area contributed by atoms with Crippen molar-refractivity contribution in [2.45, 2.75) is 25.9 Å². The van der Waals surface area contributed by atoms with Crippen LogP contribution in [0.3, 0.4) is 0 Å². The quantitative estimate of drug-likeness (QED) is 0.847. The molecule has 1 aromatic carbocycles. The van der Waals surface area contributed by atoms with Crippen molar-refractivity contribution >= 4 is 16.8 Å². The van der Waals surface area contributed by atoms with Crippen molar-refractivity contribution in [3.63, 3.8) is 0 Å². The number of hydrogen-bond acceptors (Lipinski definition) is 4. The van der Waals surface area contributed by atoms with E-state index in [0.717, 1.165) is 56.7 Å². The zero-order valence-corrected chi connectivity index (χ0v) is 14.8. The Hall–Kier alpha value is -1.92. The molecule has 0 aliphatic carbocycles. The van der Waals surface area contributed by atoms with Gasteiger partial charge in [0.15, 0.2) is 0 Å². The molecule has 2 atom stereocenters. The van der Waals surface area contributed by atoms with Crippen LogP contribution in [0.4, 0.5) is 0 Å². The number of carbonyl (C=O) groups is 1. The summed E-state index contributed by atoms with van der Waals surface area (Å²) < 4.78 is 7.30. The minimum Gasteiger partial charge on any atom is -0.379 e. The molecule has 1 amide bonds. The molecule has 0 spiro atoms. The summed E-state index contributed by atoms with van der Waals surface area (Å²) in [6, 6.07) is 8.50. The number of benzene rings is 1. The van der Waals surface area contributed by atoms with Gasteiger partial charge in [0.2, 0.25) is 5.91 Å². The highest BCUT2D eigenvalue weighted by Gasteiger charge is 2.38. The molecular weight excluding hydrogens is 316 g/mol. The lowest BCUT2D eigenvalue weighted by atomic mass is 9.99. The number of aromatic nitrogens is 2. The zero-order chi connectivity index (χ0) is 17.2. The Morgan fingerprint density at radius 2 is 2.04 bits per heavy atom. The number of carbonyl (C=O) groups excluding carboxylic acids is 1. The molecule has 6 heteroatoms. The van der Waals surface area contributed by atoms with Crippen LogP contribution in [0.1, 0.15) is 13.3 Å². The molecule has 2 aromatic rings. The number of para-hydroxylation sites is 1. The first-order valence-corrected chi connectivity index (χ1v) is 9.26. The summed E-state index contributed by atoms with van der Waals surface area (Å²) >= 11 is 0. The highest BCUT2D eigenvalue weighted by molar-refractivity contribution is 5.82. The molecule has 2 saturated heterocycles. The van der Waals surface area contributed by atoms with Gasteiger partial charge in [0.05, 0.1) is 24.9 Å². The van der Waals surface area contributed by atoms with E-state index in [-0.39, 0.29) is 5.91 Å². The third-order valence-electron chi connectivity index (χ3n) is 5.63. The topological polar surface area (TPSA) is 50.6 Å². The van der Waals surface area contributed by atoms with Gasteiger partial charge < -0.3 is 9.64 Å². The van der Waals surface area contributed by atoms with Gasteiger partial charge in [-0.2, -0.15) is 5.10 Å². The lowest BCUT2D eigenvalue weighted by Crippen LogP contribution is -2.47. The van der Waals surface area contributed by atoms with Gasteiger partial charge in [0.1, 0.15) is 6.54 Å². The van der Waals surface area contributed by atoms with Gasteiger partial charge in [-0.05, 0) is 12.0 Å². The van der Waals surface area contributed by atoms with Gasteiger partial charge >= 0.3 is 0 Å². The van der Waals surface area contributed by atoms with Crippen LogP contribution < -0.4 is 0 Å². The molecule has 3 heterocycles. The molecule has 2 aliphatic heterocycles. The van der Waals surface area contributed by atoms with Crippen LogP contribution in [0.2, 0.25) is 0 Å². The molecule has 0 N–H and O–H groups in total. The molecule has 134 valence electrons. The SMILES string of the molecule is CC[C@@H]1CN(C(=O)Cn2ncc3ccccc32)C[C@H]1N1CCOCC1. The smallest absolute Gasteiger partial charge is 0.244 e. The van der Waals surface area contributed by atoms with Crippen molar-refractivity contribution in [1.29, 1.82) is 0 Å². The minimum absolute atomic E-state index is 0.170. The average molecular weight is 342 g/mol. The van der Waals surface area contributed by atoms with Crippen LogP contribution in [0, 0.1) is 5.92 Å². The Morgan fingerprint density at radius 1 is 1.24 bits per heavy atom. The summed E-state index contributed by atoms with van der Waals surface area (Å²) in [6.45, 7) is 7.81. The second-order valence-corrected chi connectivity index (χ2v) is 7.04. The van der Waals surface area contributed by atoms with Gasteiger partial charge in [-0.3, -0.25) is 14.4 Å². The van der Waals surface area contributed by atoms with Crippen LogP contribution in [0.15, 0.2) is 30.5 Å². The molecule has 2 fully saturated rings. The Morgan fingerprint density at radius 3 is 2.84 bits per heavy atom. The van der Waals surface area contributed by atoms with E-state index < -0.39 is 0 Å². The van der Waals surface area contributed by atoms with Gasteiger partial charge in [-0.25, -0.2) is 0 Å². The molecule has 0 radical (unpaired) electrons. The average Bonchev–Trinajstić information content (AvgIpc) is 3.27. The summed E-state index contributed by atoms with van der Waals surface area (Å²) in [5, 5.41) is 5.48. The van der Waals surface area contributed by atoms with E-state index in [1.165, 1.54) is 0 Å². The molecule has 0 bridgehead atoms. The maximum absolute atomic E-state index is 12.9. The lowest BCUT2D eigenvalue weighted by Gasteiger charge is -2.34. The highest BCUT2D eigenvalue weighted by atomic mass is 16.5. The van der Waals surface area contributed by atoms with E-state index in [0.29, 0.717) is 18.5 Å². The standard InChI is InChI=1S/C19H26N4O2/c1-2-15-12-22(13-18(15)21-7-9-25-10-8-21)19(24)14-23-17-6-4-3-5-16(17)11-20-23/h3-6,11,15,18H,2,7-10,12-14H2,1H3/t15-,18-/m1/s1. The van der Waals surface area contributed by atoms with Crippen molar-refractivity contribution in [2.75, 3.05) is 39.4 Å². The van der Waals surface area contributed by atoms with Gasteiger partial charge in [-0.15, -0.1) is 0 Å². The monoisotopic (exact) mass is 342 g/mol. The predicted molar refractivity (Wildman–Crippen MR) is 96.3 cm³/mol. The second-order valence-electron chi connectivity index (χ2n) is 7.04. The lowest BCUT2D eigenvalue weighted by molar-refractivity contribution is -0.131. The Balaban J connectivity index is 1.45. The number of hydrogen-bond donors (Lipinski definition) is 0. The van der Waals surface area contributed by atoms with Crippen LogP contribution in [0.5, 0.6) is 0 Å². The summed E-state index contributed by atoms with van der Waals surface area (Å²) in [4.78, 5) is 17.4. The Labute approximate surface area is 148 Å².